The lowest BCUT2D eigenvalue weighted by Crippen LogP contribution is -2.51. The minimum absolute atomic E-state index is 0.225. The quantitative estimate of drug-likeness (QED) is 0.911. The minimum atomic E-state index is -0.225. The number of piperazine rings is 1. The second-order valence-corrected chi connectivity index (χ2v) is 6.96. The number of hydrogen-bond donors (Lipinski definition) is 1. The lowest BCUT2D eigenvalue weighted by atomic mass is 10.1. The number of aliphatic hydroxyl groups excluding tert-OH is 1. The van der Waals surface area contributed by atoms with E-state index >= 15 is 0 Å². The zero-order valence-electron chi connectivity index (χ0n) is 13.3. The second-order valence-electron chi connectivity index (χ2n) is 6.02. The molecule has 1 saturated heterocycles. The highest BCUT2D eigenvalue weighted by Gasteiger charge is 2.24. The van der Waals surface area contributed by atoms with E-state index in [1.807, 2.05) is 5.38 Å². The van der Waals surface area contributed by atoms with Crippen LogP contribution in [0, 0.1) is 5.82 Å². The first-order valence-electron chi connectivity index (χ1n) is 7.89. The van der Waals surface area contributed by atoms with Gasteiger partial charge in [0.2, 0.25) is 0 Å². The summed E-state index contributed by atoms with van der Waals surface area (Å²) in [7, 11) is 2.12. The molecule has 0 saturated carbocycles. The van der Waals surface area contributed by atoms with Crippen LogP contribution in [0.1, 0.15) is 11.4 Å². The first-order chi connectivity index (χ1) is 11.2. The summed E-state index contributed by atoms with van der Waals surface area (Å²) in [6, 6.07) is 6.87. The van der Waals surface area contributed by atoms with Crippen LogP contribution in [-0.2, 0) is 6.54 Å². The van der Waals surface area contributed by atoms with E-state index in [4.69, 9.17) is 0 Å². The molecule has 1 N–H and O–H groups in total. The SMILES string of the molecule is CN1CCN(Cc2nc(-c3ccc(F)cc3)cs2)C[C@H]1CCO. The summed E-state index contributed by atoms with van der Waals surface area (Å²) in [4.78, 5) is 9.40. The molecule has 124 valence electrons. The first kappa shape index (κ1) is 16.5. The highest BCUT2D eigenvalue weighted by molar-refractivity contribution is 7.09. The Morgan fingerprint density at radius 3 is 2.83 bits per heavy atom. The Bertz CT molecular complexity index is 631. The van der Waals surface area contributed by atoms with E-state index in [0.717, 1.165) is 48.9 Å². The molecule has 1 aromatic heterocycles. The van der Waals surface area contributed by atoms with Crippen molar-refractivity contribution in [1.82, 2.24) is 14.8 Å². The summed E-state index contributed by atoms with van der Waals surface area (Å²) in [5.74, 6) is -0.225. The average Bonchev–Trinajstić information content (AvgIpc) is 3.00. The van der Waals surface area contributed by atoms with Crippen LogP contribution in [0.25, 0.3) is 11.3 Å². The molecule has 0 radical (unpaired) electrons. The highest BCUT2D eigenvalue weighted by atomic mass is 32.1. The van der Waals surface area contributed by atoms with Gasteiger partial charge < -0.3 is 10.0 Å². The smallest absolute Gasteiger partial charge is 0.123 e. The predicted molar refractivity (Wildman–Crippen MR) is 90.9 cm³/mol. The maximum absolute atomic E-state index is 13.0. The standard InChI is InChI=1S/C17H22FN3OS/c1-20-7-8-21(10-15(20)6-9-22)11-17-19-16(12-23-17)13-2-4-14(18)5-3-13/h2-5,12,15,22H,6-11H2,1H3/t15-/m1/s1. The van der Waals surface area contributed by atoms with Gasteiger partial charge in [0.1, 0.15) is 10.8 Å². The van der Waals surface area contributed by atoms with Crippen molar-refractivity contribution in [3.63, 3.8) is 0 Å². The molecule has 1 aliphatic heterocycles. The van der Waals surface area contributed by atoms with Gasteiger partial charge in [-0.2, -0.15) is 0 Å². The summed E-state index contributed by atoms with van der Waals surface area (Å²) in [6.07, 6.45) is 0.811. The molecule has 4 nitrogen and oxygen atoms in total. The molecule has 6 heteroatoms. The van der Waals surface area contributed by atoms with Gasteiger partial charge in [0, 0.05) is 43.2 Å². The molecular formula is C17H22FN3OS. The second kappa shape index (κ2) is 7.49. The molecule has 3 rings (SSSR count). The van der Waals surface area contributed by atoms with E-state index in [1.165, 1.54) is 12.1 Å². The average molecular weight is 335 g/mol. The topological polar surface area (TPSA) is 39.6 Å². The van der Waals surface area contributed by atoms with E-state index in [9.17, 15) is 9.50 Å². The van der Waals surface area contributed by atoms with E-state index in [0.29, 0.717) is 6.04 Å². The van der Waals surface area contributed by atoms with Gasteiger partial charge in [0.05, 0.1) is 12.2 Å². The van der Waals surface area contributed by atoms with Crippen LogP contribution in [0.4, 0.5) is 4.39 Å². The maximum atomic E-state index is 13.0. The summed E-state index contributed by atoms with van der Waals surface area (Å²) >= 11 is 1.65. The van der Waals surface area contributed by atoms with Crippen LogP contribution in [-0.4, -0.2) is 59.2 Å². The molecular weight excluding hydrogens is 313 g/mol. The van der Waals surface area contributed by atoms with Crippen molar-refractivity contribution in [2.45, 2.75) is 19.0 Å². The monoisotopic (exact) mass is 335 g/mol. The molecule has 0 spiro atoms. The van der Waals surface area contributed by atoms with Gasteiger partial charge in [-0.3, -0.25) is 4.90 Å². The van der Waals surface area contributed by atoms with Crippen molar-refractivity contribution in [2.24, 2.45) is 0 Å². The van der Waals surface area contributed by atoms with Gasteiger partial charge in [-0.1, -0.05) is 0 Å². The maximum Gasteiger partial charge on any atom is 0.123 e. The fourth-order valence-electron chi connectivity index (χ4n) is 2.94. The summed E-state index contributed by atoms with van der Waals surface area (Å²) in [5.41, 5.74) is 1.86. The van der Waals surface area contributed by atoms with E-state index in [2.05, 4.69) is 21.8 Å². The molecule has 1 atom stereocenters. The number of nitrogens with zero attached hydrogens (tertiary/aromatic N) is 3. The van der Waals surface area contributed by atoms with Gasteiger partial charge in [0.15, 0.2) is 0 Å². The van der Waals surface area contributed by atoms with Gasteiger partial charge in [-0.25, -0.2) is 9.37 Å². The zero-order chi connectivity index (χ0) is 16.2. The third kappa shape index (κ3) is 4.14. The molecule has 23 heavy (non-hydrogen) atoms. The van der Waals surface area contributed by atoms with E-state index in [-0.39, 0.29) is 12.4 Å². The third-order valence-electron chi connectivity index (χ3n) is 4.37. The number of rotatable bonds is 5. The minimum Gasteiger partial charge on any atom is -0.396 e. The van der Waals surface area contributed by atoms with Crippen molar-refractivity contribution in [3.8, 4) is 11.3 Å². The first-order valence-corrected chi connectivity index (χ1v) is 8.77. The molecule has 1 fully saturated rings. The Labute approximate surface area is 140 Å². The molecule has 2 heterocycles. The molecule has 0 unspecified atom stereocenters. The van der Waals surface area contributed by atoms with Crippen LogP contribution in [0.5, 0.6) is 0 Å². The fourth-order valence-corrected chi connectivity index (χ4v) is 3.79. The van der Waals surface area contributed by atoms with Gasteiger partial charge in [-0.05, 0) is 37.7 Å². The van der Waals surface area contributed by atoms with Crippen LogP contribution in [0.15, 0.2) is 29.6 Å². The Morgan fingerprint density at radius 1 is 1.30 bits per heavy atom. The summed E-state index contributed by atoms with van der Waals surface area (Å²) < 4.78 is 13.0. The molecule has 2 aromatic rings. The normalized spacial score (nSPS) is 20.0. The Kier molecular flexibility index (Phi) is 5.38. The molecule has 1 aromatic carbocycles. The van der Waals surface area contributed by atoms with Gasteiger partial charge in [0.25, 0.3) is 0 Å². The Hall–Kier alpha value is -1.34. The molecule has 0 bridgehead atoms. The lowest BCUT2D eigenvalue weighted by molar-refractivity contribution is 0.0743. The van der Waals surface area contributed by atoms with Crippen molar-refractivity contribution < 1.29 is 9.50 Å². The highest BCUT2D eigenvalue weighted by Crippen LogP contribution is 2.23. The largest absolute Gasteiger partial charge is 0.396 e. The zero-order valence-corrected chi connectivity index (χ0v) is 14.1. The summed E-state index contributed by atoms with van der Waals surface area (Å²) in [5, 5.41) is 12.3. The number of aromatic nitrogens is 1. The molecule has 1 aliphatic rings. The van der Waals surface area contributed by atoms with E-state index in [1.54, 1.807) is 23.5 Å². The number of aliphatic hydroxyl groups is 1. The van der Waals surface area contributed by atoms with Gasteiger partial charge in [-0.15, -0.1) is 11.3 Å². The Balaban J connectivity index is 1.63. The number of benzene rings is 1. The van der Waals surface area contributed by atoms with Gasteiger partial charge >= 0.3 is 0 Å². The molecule has 0 aliphatic carbocycles. The predicted octanol–water partition coefficient (Wildman–Crippen LogP) is 2.45. The van der Waals surface area contributed by atoms with Crippen molar-refractivity contribution >= 4 is 11.3 Å². The number of thiazole rings is 1. The number of halogens is 1. The van der Waals surface area contributed by atoms with Crippen LogP contribution in [0.3, 0.4) is 0 Å². The van der Waals surface area contributed by atoms with Crippen LogP contribution < -0.4 is 0 Å². The van der Waals surface area contributed by atoms with Crippen molar-refractivity contribution in [3.05, 3.63) is 40.5 Å². The lowest BCUT2D eigenvalue weighted by Gasteiger charge is -2.39. The molecule has 0 amide bonds. The fraction of sp³-hybridized carbons (Fsp3) is 0.471. The van der Waals surface area contributed by atoms with Crippen molar-refractivity contribution in [2.75, 3.05) is 33.3 Å². The number of hydrogen-bond acceptors (Lipinski definition) is 5. The van der Waals surface area contributed by atoms with E-state index < -0.39 is 0 Å². The third-order valence-corrected chi connectivity index (χ3v) is 5.21. The van der Waals surface area contributed by atoms with Crippen LogP contribution in [0.2, 0.25) is 0 Å². The Morgan fingerprint density at radius 2 is 2.09 bits per heavy atom. The van der Waals surface area contributed by atoms with Crippen LogP contribution >= 0.6 is 11.3 Å². The summed E-state index contributed by atoms with van der Waals surface area (Å²) in [6.45, 7) is 4.06. The van der Waals surface area contributed by atoms with Crippen molar-refractivity contribution in [1.29, 1.82) is 0 Å². The number of likely N-dealkylation sites (N-methyl/N-ethyl adjacent to an activating group) is 1.